The molecule has 2 aromatic rings. The first-order valence-electron chi connectivity index (χ1n) is 7.70. The first-order chi connectivity index (χ1) is 12.9. The lowest BCUT2D eigenvalue weighted by Crippen LogP contribution is -2.35. The van der Waals surface area contributed by atoms with Crippen LogP contribution >= 0.6 is 0 Å². The molecule has 0 saturated carbocycles. The third-order valence-corrected chi connectivity index (χ3v) is 4.42. The largest absolute Gasteiger partial charge is 0.534 e. The minimum atomic E-state index is -6.27. The minimum Gasteiger partial charge on any atom is -0.477 e. The number of carboxylic acids is 1. The molecule has 0 fully saturated rings. The van der Waals surface area contributed by atoms with Crippen LogP contribution in [0.25, 0.3) is 11.0 Å². The Kier molecular flexibility index (Phi) is 5.82. The highest BCUT2D eigenvalue weighted by atomic mass is 32.2. The fourth-order valence-electron chi connectivity index (χ4n) is 2.15. The predicted octanol–water partition coefficient (Wildman–Crippen LogP) is 1.26. The molecule has 0 aliphatic heterocycles. The van der Waals surface area contributed by atoms with Crippen molar-refractivity contribution in [3.05, 3.63) is 27.9 Å². The van der Waals surface area contributed by atoms with Gasteiger partial charge in [0, 0.05) is 0 Å². The minimum absolute atomic E-state index is 0.0331. The molecule has 14 heteroatoms. The van der Waals surface area contributed by atoms with E-state index >= 15 is 0 Å². The van der Waals surface area contributed by atoms with E-state index in [1.807, 2.05) is 6.92 Å². The number of rotatable bonds is 7. The predicted molar refractivity (Wildman–Crippen MR) is 87.5 cm³/mol. The smallest absolute Gasteiger partial charge is 0.477 e. The number of carboxylic acid groups (broad SMARTS) is 1. The van der Waals surface area contributed by atoms with Gasteiger partial charge in [0.15, 0.2) is 17.0 Å². The average molecular weight is 425 g/mol. The third-order valence-electron chi connectivity index (χ3n) is 3.47. The SMILES string of the molecule is CCCCOn1c(=O)c(C(=O)O)c(OS(=O)(=O)C(F)(F)F)c2c(C)ncnc21. The molecule has 0 aliphatic rings. The number of carbonyl (C=O) groups is 1. The van der Waals surface area contributed by atoms with Crippen LogP contribution in [0, 0.1) is 6.92 Å². The van der Waals surface area contributed by atoms with Crippen molar-refractivity contribution in [3.63, 3.8) is 0 Å². The fourth-order valence-corrected chi connectivity index (χ4v) is 2.63. The second-order valence-corrected chi connectivity index (χ2v) is 6.97. The van der Waals surface area contributed by atoms with Crippen LogP contribution in [-0.4, -0.2) is 46.3 Å². The summed E-state index contributed by atoms with van der Waals surface area (Å²) in [6.07, 6.45) is 2.08. The Balaban J connectivity index is 2.90. The molecule has 0 spiro atoms. The highest BCUT2D eigenvalue weighted by molar-refractivity contribution is 7.88. The van der Waals surface area contributed by atoms with Gasteiger partial charge in [-0.25, -0.2) is 14.8 Å². The molecule has 0 bridgehead atoms. The highest BCUT2D eigenvalue weighted by Crippen LogP contribution is 2.33. The van der Waals surface area contributed by atoms with Gasteiger partial charge >= 0.3 is 27.2 Å². The number of aryl methyl sites for hydroxylation is 1. The van der Waals surface area contributed by atoms with Crippen molar-refractivity contribution in [2.24, 2.45) is 0 Å². The van der Waals surface area contributed by atoms with Gasteiger partial charge in [0.25, 0.3) is 0 Å². The number of nitrogens with zero attached hydrogens (tertiary/aromatic N) is 3. The van der Waals surface area contributed by atoms with E-state index in [1.54, 1.807) is 0 Å². The molecule has 0 atom stereocenters. The Labute approximate surface area is 155 Å². The van der Waals surface area contributed by atoms with Crippen LogP contribution in [0.2, 0.25) is 0 Å². The lowest BCUT2D eigenvalue weighted by Gasteiger charge is -2.17. The molecule has 10 nitrogen and oxygen atoms in total. The Bertz CT molecular complexity index is 1080. The quantitative estimate of drug-likeness (QED) is 0.395. The van der Waals surface area contributed by atoms with E-state index in [0.29, 0.717) is 17.6 Å². The van der Waals surface area contributed by atoms with E-state index in [9.17, 15) is 36.3 Å². The molecule has 0 aromatic carbocycles. The summed E-state index contributed by atoms with van der Waals surface area (Å²) in [5.41, 5.74) is -9.24. The second-order valence-electron chi connectivity index (χ2n) is 5.44. The third kappa shape index (κ3) is 3.85. The van der Waals surface area contributed by atoms with Crippen molar-refractivity contribution in [2.75, 3.05) is 6.61 Å². The van der Waals surface area contributed by atoms with E-state index in [1.165, 1.54) is 6.92 Å². The molecule has 0 saturated heterocycles. The maximum absolute atomic E-state index is 12.7. The number of halogens is 3. The molecule has 2 rings (SSSR count). The number of aromatic nitrogens is 3. The maximum Gasteiger partial charge on any atom is 0.534 e. The van der Waals surface area contributed by atoms with E-state index in [2.05, 4.69) is 14.2 Å². The van der Waals surface area contributed by atoms with E-state index in [0.717, 1.165) is 6.33 Å². The molecule has 1 N–H and O–H groups in total. The molecule has 2 heterocycles. The van der Waals surface area contributed by atoms with Crippen LogP contribution in [0.1, 0.15) is 35.8 Å². The molecule has 0 aliphatic carbocycles. The van der Waals surface area contributed by atoms with Crippen LogP contribution in [0.5, 0.6) is 5.75 Å². The summed E-state index contributed by atoms with van der Waals surface area (Å²) in [5.74, 6) is -3.35. The average Bonchev–Trinajstić information content (AvgIpc) is 2.56. The molecule has 0 unspecified atom stereocenters. The summed E-state index contributed by atoms with van der Waals surface area (Å²) in [6.45, 7) is 3.02. The van der Waals surface area contributed by atoms with Crippen LogP contribution in [0.3, 0.4) is 0 Å². The lowest BCUT2D eigenvalue weighted by atomic mass is 10.1. The van der Waals surface area contributed by atoms with Crippen molar-refractivity contribution in [1.82, 2.24) is 14.7 Å². The van der Waals surface area contributed by atoms with Gasteiger partial charge in [0.1, 0.15) is 12.9 Å². The number of hydrogen-bond acceptors (Lipinski definition) is 8. The monoisotopic (exact) mass is 425 g/mol. The number of pyridine rings is 1. The standard InChI is InChI=1S/C14H14F3N3O7S/c1-3-4-5-26-20-11-8(7(2)18-6-19-11)10(9(12(20)21)13(22)23)27-28(24,25)14(15,16)17/h6H,3-5H2,1-2H3,(H,22,23). The van der Waals surface area contributed by atoms with Gasteiger partial charge in [-0.15, -0.1) is 4.73 Å². The summed E-state index contributed by atoms with van der Waals surface area (Å²) in [6, 6.07) is 0. The Morgan fingerprint density at radius 3 is 2.50 bits per heavy atom. The summed E-state index contributed by atoms with van der Waals surface area (Å²) in [7, 11) is -6.27. The van der Waals surface area contributed by atoms with Gasteiger partial charge in [-0.3, -0.25) is 4.79 Å². The van der Waals surface area contributed by atoms with Gasteiger partial charge in [-0.1, -0.05) is 13.3 Å². The molecular weight excluding hydrogens is 411 g/mol. The second kappa shape index (κ2) is 7.61. The number of unbranched alkanes of at least 4 members (excludes halogenated alkanes) is 1. The van der Waals surface area contributed by atoms with Gasteiger partial charge < -0.3 is 14.1 Å². The number of alkyl halides is 3. The maximum atomic E-state index is 12.7. The van der Waals surface area contributed by atoms with Gasteiger partial charge in [-0.2, -0.15) is 21.6 Å². The number of aromatic carboxylic acids is 1. The lowest BCUT2D eigenvalue weighted by molar-refractivity contribution is -0.0500. The molecular formula is C14H14F3N3O7S. The molecule has 154 valence electrons. The Hall–Kier alpha value is -2.90. The summed E-state index contributed by atoms with van der Waals surface area (Å²) in [4.78, 5) is 36.7. The zero-order chi connectivity index (χ0) is 21.3. The molecule has 0 radical (unpaired) electrons. The number of fused-ring (bicyclic) bond motifs is 1. The topological polar surface area (TPSA) is 138 Å². The van der Waals surface area contributed by atoms with Crippen molar-refractivity contribution >= 4 is 27.1 Å². The van der Waals surface area contributed by atoms with E-state index in [-0.39, 0.29) is 12.3 Å². The number of hydrogen-bond donors (Lipinski definition) is 1. The van der Waals surface area contributed by atoms with Crippen LogP contribution < -0.4 is 14.6 Å². The van der Waals surface area contributed by atoms with Crippen LogP contribution in [-0.2, 0) is 10.1 Å². The fraction of sp³-hybridized carbons (Fsp3) is 0.429. The van der Waals surface area contributed by atoms with Crippen molar-refractivity contribution in [2.45, 2.75) is 32.2 Å². The van der Waals surface area contributed by atoms with Crippen LogP contribution in [0.15, 0.2) is 11.1 Å². The molecule has 0 amide bonds. The summed E-state index contributed by atoms with van der Waals surface area (Å²) in [5, 5.41) is 8.80. The van der Waals surface area contributed by atoms with Crippen LogP contribution in [0.4, 0.5) is 13.2 Å². The Morgan fingerprint density at radius 2 is 1.96 bits per heavy atom. The summed E-state index contributed by atoms with van der Waals surface area (Å²) < 4.78 is 65.6. The molecule has 2 aromatic heterocycles. The van der Waals surface area contributed by atoms with Crippen molar-refractivity contribution in [1.29, 1.82) is 0 Å². The van der Waals surface area contributed by atoms with Crippen molar-refractivity contribution in [3.8, 4) is 5.75 Å². The Morgan fingerprint density at radius 1 is 1.32 bits per heavy atom. The zero-order valence-electron chi connectivity index (χ0n) is 14.5. The molecule has 28 heavy (non-hydrogen) atoms. The first-order valence-corrected chi connectivity index (χ1v) is 9.10. The highest BCUT2D eigenvalue weighted by Gasteiger charge is 2.49. The summed E-state index contributed by atoms with van der Waals surface area (Å²) >= 11 is 0. The van der Waals surface area contributed by atoms with E-state index < -0.39 is 49.5 Å². The van der Waals surface area contributed by atoms with Gasteiger partial charge in [0.05, 0.1) is 11.1 Å². The first kappa shape index (κ1) is 21.4. The van der Waals surface area contributed by atoms with Gasteiger partial charge in [-0.05, 0) is 13.3 Å². The normalized spacial score (nSPS) is 12.2. The zero-order valence-corrected chi connectivity index (χ0v) is 15.3. The van der Waals surface area contributed by atoms with Gasteiger partial charge in [0.2, 0.25) is 0 Å². The van der Waals surface area contributed by atoms with Crippen molar-refractivity contribution < 1.29 is 40.5 Å². The van der Waals surface area contributed by atoms with E-state index in [4.69, 9.17) is 4.84 Å².